The van der Waals surface area contributed by atoms with Gasteiger partial charge in [-0.3, -0.25) is 4.99 Å². The summed E-state index contributed by atoms with van der Waals surface area (Å²) in [6.07, 6.45) is 1.80. The third-order valence-corrected chi connectivity index (χ3v) is 2.85. The van der Waals surface area contributed by atoms with Crippen LogP contribution in [0.5, 0.6) is 5.75 Å². The summed E-state index contributed by atoms with van der Waals surface area (Å²) < 4.78 is 5.84. The fourth-order valence-electron chi connectivity index (χ4n) is 1.70. The van der Waals surface area contributed by atoms with Gasteiger partial charge in [0.25, 0.3) is 0 Å². The molecule has 2 N–H and O–H groups in total. The maximum atomic E-state index is 5.84. The van der Waals surface area contributed by atoms with E-state index in [2.05, 4.69) is 33.2 Å². The second kappa shape index (κ2) is 9.83. The van der Waals surface area contributed by atoms with Gasteiger partial charge < -0.3 is 20.3 Å². The van der Waals surface area contributed by atoms with Gasteiger partial charge in [-0.15, -0.1) is 6.58 Å². The molecule has 21 heavy (non-hydrogen) atoms. The van der Waals surface area contributed by atoms with Crippen molar-refractivity contribution in [2.24, 2.45) is 4.99 Å². The Balaban J connectivity index is 2.55. The quantitative estimate of drug-likeness (QED) is 0.432. The average Bonchev–Trinajstić information content (AvgIpc) is 2.48. The summed E-state index contributed by atoms with van der Waals surface area (Å²) in [5, 5.41) is 6.40. The number of benzene rings is 1. The van der Waals surface area contributed by atoms with Crippen LogP contribution in [0.2, 0.25) is 0 Å². The molecule has 0 saturated carbocycles. The molecule has 0 heterocycles. The largest absolute Gasteiger partial charge is 0.492 e. The van der Waals surface area contributed by atoms with Gasteiger partial charge in [0.1, 0.15) is 12.4 Å². The fraction of sp³-hybridized carbons (Fsp3) is 0.438. The van der Waals surface area contributed by atoms with Crippen LogP contribution in [0.25, 0.3) is 0 Å². The summed E-state index contributed by atoms with van der Waals surface area (Å²) in [4.78, 5) is 6.25. The van der Waals surface area contributed by atoms with Gasteiger partial charge in [0.05, 0.1) is 0 Å². The highest BCUT2D eigenvalue weighted by Gasteiger charge is 2.04. The number of nitrogens with zero attached hydrogens (tertiary/aromatic N) is 2. The van der Waals surface area contributed by atoms with Gasteiger partial charge in [0.2, 0.25) is 0 Å². The molecule has 5 nitrogen and oxygen atoms in total. The van der Waals surface area contributed by atoms with Gasteiger partial charge in [-0.2, -0.15) is 0 Å². The van der Waals surface area contributed by atoms with Gasteiger partial charge in [0.15, 0.2) is 5.96 Å². The summed E-state index contributed by atoms with van der Waals surface area (Å²) in [6, 6.07) is 8.04. The van der Waals surface area contributed by atoms with Gasteiger partial charge in [0, 0.05) is 32.2 Å². The molecule has 5 heteroatoms. The van der Waals surface area contributed by atoms with Gasteiger partial charge >= 0.3 is 0 Å². The monoisotopic (exact) mass is 290 g/mol. The Morgan fingerprint density at radius 2 is 2.10 bits per heavy atom. The molecule has 0 aliphatic carbocycles. The van der Waals surface area contributed by atoms with Crippen molar-refractivity contribution in [3.63, 3.8) is 0 Å². The smallest absolute Gasteiger partial charge is 0.191 e. The minimum Gasteiger partial charge on any atom is -0.492 e. The van der Waals surface area contributed by atoms with Crippen molar-refractivity contribution in [1.29, 1.82) is 0 Å². The lowest BCUT2D eigenvalue weighted by molar-refractivity contribution is 0.259. The van der Waals surface area contributed by atoms with Crippen LogP contribution < -0.4 is 15.4 Å². The van der Waals surface area contributed by atoms with Crippen molar-refractivity contribution in [2.45, 2.75) is 6.54 Å². The van der Waals surface area contributed by atoms with E-state index in [0.29, 0.717) is 19.7 Å². The number of nitrogens with one attached hydrogen (secondary N) is 2. The van der Waals surface area contributed by atoms with Crippen LogP contribution in [0.4, 0.5) is 0 Å². The first-order valence-electron chi connectivity index (χ1n) is 7.08. The van der Waals surface area contributed by atoms with Crippen molar-refractivity contribution in [1.82, 2.24) is 15.5 Å². The molecule has 116 valence electrons. The molecule has 0 aromatic heterocycles. The number of rotatable bonds is 8. The molecule has 0 bridgehead atoms. The molecule has 0 atom stereocenters. The lowest BCUT2D eigenvalue weighted by Crippen LogP contribution is -2.36. The maximum Gasteiger partial charge on any atom is 0.191 e. The number of likely N-dealkylation sites (N-methyl/N-ethyl adjacent to an activating group) is 1. The predicted molar refractivity (Wildman–Crippen MR) is 88.9 cm³/mol. The molecule has 0 aliphatic heterocycles. The molecule has 0 saturated heterocycles. The molecular formula is C16H26N4O. The Morgan fingerprint density at radius 1 is 1.33 bits per heavy atom. The Morgan fingerprint density at radius 3 is 2.76 bits per heavy atom. The molecule has 1 aromatic carbocycles. The summed E-state index contributed by atoms with van der Waals surface area (Å²) in [5.41, 5.74) is 1.11. The molecule has 1 aromatic rings. The number of ether oxygens (including phenoxy) is 1. The normalized spacial score (nSPS) is 11.3. The van der Waals surface area contributed by atoms with E-state index >= 15 is 0 Å². The number of guanidine groups is 1. The molecular weight excluding hydrogens is 264 g/mol. The van der Waals surface area contributed by atoms with Crippen LogP contribution in [-0.4, -0.2) is 51.7 Å². The van der Waals surface area contributed by atoms with Crippen molar-refractivity contribution in [2.75, 3.05) is 40.8 Å². The van der Waals surface area contributed by atoms with E-state index in [9.17, 15) is 0 Å². The number of aliphatic imine (C=N–C) groups is 1. The predicted octanol–water partition coefficient (Wildman–Crippen LogP) is 1.48. The second-order valence-corrected chi connectivity index (χ2v) is 4.85. The molecule has 0 aliphatic rings. The Hall–Kier alpha value is -2.01. The zero-order valence-corrected chi connectivity index (χ0v) is 13.2. The topological polar surface area (TPSA) is 48.9 Å². The van der Waals surface area contributed by atoms with Gasteiger partial charge in [-0.1, -0.05) is 24.3 Å². The standard InChI is InChI=1S/C16H26N4O/c1-5-10-18-16(17-2)19-13-14-8-6-7-9-15(14)21-12-11-20(3)4/h5-9H,1,10-13H2,2-4H3,(H2,17,18,19). The molecule has 0 unspecified atom stereocenters. The highest BCUT2D eigenvalue weighted by molar-refractivity contribution is 5.79. The first-order valence-corrected chi connectivity index (χ1v) is 7.08. The first-order chi connectivity index (χ1) is 10.2. The van der Waals surface area contributed by atoms with Gasteiger partial charge in [-0.05, 0) is 20.2 Å². The minimum absolute atomic E-state index is 0.662. The number of hydrogen-bond donors (Lipinski definition) is 2. The number of para-hydroxylation sites is 1. The first kappa shape index (κ1) is 17.0. The Labute approximate surface area is 127 Å². The fourth-order valence-corrected chi connectivity index (χ4v) is 1.70. The lowest BCUT2D eigenvalue weighted by atomic mass is 10.2. The van der Waals surface area contributed by atoms with E-state index in [1.165, 1.54) is 0 Å². The average molecular weight is 290 g/mol. The van der Waals surface area contributed by atoms with Crippen LogP contribution >= 0.6 is 0 Å². The summed E-state index contributed by atoms with van der Waals surface area (Å²) >= 11 is 0. The van der Waals surface area contributed by atoms with E-state index < -0.39 is 0 Å². The Kier molecular flexibility index (Phi) is 7.97. The van der Waals surface area contributed by atoms with Crippen molar-refractivity contribution in [3.05, 3.63) is 42.5 Å². The Bertz CT molecular complexity index is 457. The van der Waals surface area contributed by atoms with E-state index in [4.69, 9.17) is 4.74 Å². The zero-order chi connectivity index (χ0) is 15.5. The van der Waals surface area contributed by atoms with Crippen molar-refractivity contribution in [3.8, 4) is 5.75 Å². The summed E-state index contributed by atoms with van der Waals surface area (Å²) in [5.74, 6) is 1.66. The van der Waals surface area contributed by atoms with Crippen LogP contribution in [-0.2, 0) is 6.54 Å². The third-order valence-electron chi connectivity index (χ3n) is 2.85. The lowest BCUT2D eigenvalue weighted by Gasteiger charge is -2.15. The highest BCUT2D eigenvalue weighted by atomic mass is 16.5. The van der Waals surface area contributed by atoms with Crippen LogP contribution in [0, 0.1) is 0 Å². The van der Waals surface area contributed by atoms with Gasteiger partial charge in [-0.25, -0.2) is 0 Å². The maximum absolute atomic E-state index is 5.84. The van der Waals surface area contributed by atoms with Crippen LogP contribution in [0.15, 0.2) is 41.9 Å². The molecule has 1 rings (SSSR count). The zero-order valence-electron chi connectivity index (χ0n) is 13.2. The van der Waals surface area contributed by atoms with Crippen LogP contribution in [0.3, 0.4) is 0 Å². The van der Waals surface area contributed by atoms with Crippen molar-refractivity contribution >= 4 is 5.96 Å². The molecule has 0 radical (unpaired) electrons. The van der Waals surface area contributed by atoms with Crippen molar-refractivity contribution < 1.29 is 4.74 Å². The summed E-state index contributed by atoms with van der Waals surface area (Å²) in [6.45, 7) is 6.59. The second-order valence-electron chi connectivity index (χ2n) is 4.85. The minimum atomic E-state index is 0.662. The third kappa shape index (κ3) is 6.81. The summed E-state index contributed by atoms with van der Waals surface area (Å²) in [7, 11) is 5.82. The SMILES string of the molecule is C=CCNC(=NC)NCc1ccccc1OCCN(C)C. The van der Waals surface area contributed by atoms with E-state index in [1.807, 2.05) is 32.3 Å². The highest BCUT2D eigenvalue weighted by Crippen LogP contribution is 2.17. The van der Waals surface area contributed by atoms with E-state index in [0.717, 1.165) is 23.8 Å². The molecule has 0 amide bonds. The molecule has 0 spiro atoms. The van der Waals surface area contributed by atoms with E-state index in [-0.39, 0.29) is 0 Å². The number of hydrogen-bond acceptors (Lipinski definition) is 3. The van der Waals surface area contributed by atoms with Crippen LogP contribution in [0.1, 0.15) is 5.56 Å². The molecule has 0 fully saturated rings. The van der Waals surface area contributed by atoms with E-state index in [1.54, 1.807) is 13.1 Å².